The molecule has 27 heavy (non-hydrogen) atoms. The number of carbonyl (C=O) groups is 3. The lowest BCUT2D eigenvalue weighted by atomic mass is 10.1. The molecule has 0 bridgehead atoms. The molecule has 3 N–H and O–H groups in total. The molecule has 1 aliphatic heterocycles. The predicted molar refractivity (Wildman–Crippen MR) is 94.9 cm³/mol. The highest BCUT2D eigenvalue weighted by Gasteiger charge is 2.26. The van der Waals surface area contributed by atoms with E-state index in [0.29, 0.717) is 0 Å². The van der Waals surface area contributed by atoms with Crippen LogP contribution in [0.15, 0.2) is 24.3 Å². The number of hydrogen-bond donors (Lipinski definition) is 2. The van der Waals surface area contributed by atoms with Crippen molar-refractivity contribution in [3.05, 3.63) is 29.8 Å². The zero-order valence-electron chi connectivity index (χ0n) is 14.4. The molecule has 1 heterocycles. The van der Waals surface area contributed by atoms with Crippen LogP contribution in [-0.2, 0) is 9.59 Å². The first-order valence-electron chi connectivity index (χ1n) is 8.00. The average molecular weight is 407 g/mol. The number of piperazine rings is 1. The maximum atomic E-state index is 12.6. The van der Waals surface area contributed by atoms with Crippen LogP contribution in [0.5, 0.6) is 5.75 Å². The van der Waals surface area contributed by atoms with E-state index in [1.807, 2.05) is 0 Å². The number of ether oxygens (including phenoxy) is 1. The van der Waals surface area contributed by atoms with Gasteiger partial charge in [-0.25, -0.2) is 0 Å². The average Bonchev–Trinajstić information content (AvgIpc) is 2.65. The summed E-state index contributed by atoms with van der Waals surface area (Å²) in [5, 5.41) is 2.39. The van der Waals surface area contributed by atoms with Gasteiger partial charge in [-0.05, 0) is 12.1 Å². The van der Waals surface area contributed by atoms with Gasteiger partial charge in [-0.3, -0.25) is 14.4 Å². The van der Waals surface area contributed by atoms with E-state index in [4.69, 9.17) is 5.73 Å². The Morgan fingerprint density at radius 3 is 2.30 bits per heavy atom. The predicted octanol–water partition coefficient (Wildman–Crippen LogP) is 0.0691. The Morgan fingerprint density at radius 1 is 1.11 bits per heavy atom. The molecule has 150 valence electrons. The maximum Gasteiger partial charge on any atom is 0.387 e. The second-order valence-electron chi connectivity index (χ2n) is 5.53. The van der Waals surface area contributed by atoms with Crippen molar-refractivity contribution in [2.45, 2.75) is 6.61 Å². The van der Waals surface area contributed by atoms with Gasteiger partial charge < -0.3 is 25.6 Å². The Bertz CT molecular complexity index is 670. The van der Waals surface area contributed by atoms with Gasteiger partial charge in [0.1, 0.15) is 5.75 Å². The lowest BCUT2D eigenvalue weighted by Gasteiger charge is -2.35. The Balaban J connectivity index is 0.00000364. The van der Waals surface area contributed by atoms with Gasteiger partial charge in [0.15, 0.2) is 0 Å². The van der Waals surface area contributed by atoms with Crippen molar-refractivity contribution in [1.29, 1.82) is 0 Å². The van der Waals surface area contributed by atoms with E-state index >= 15 is 0 Å². The molecule has 2 rings (SSSR count). The molecular weight excluding hydrogens is 386 g/mol. The first-order valence-corrected chi connectivity index (χ1v) is 8.00. The third-order valence-electron chi connectivity index (χ3n) is 3.88. The zero-order chi connectivity index (χ0) is 19.1. The first-order chi connectivity index (χ1) is 12.4. The summed E-state index contributed by atoms with van der Waals surface area (Å²) >= 11 is 0. The van der Waals surface area contributed by atoms with E-state index in [2.05, 4.69) is 10.1 Å². The van der Waals surface area contributed by atoms with Crippen LogP contribution in [0.25, 0.3) is 0 Å². The standard InChI is InChI=1S/C16H20F2N4O4.ClH/c17-16(18)26-12-4-2-1-3-11(12)15(25)22-7-5-21(6-8-22)14(24)10-20-13(23)9-19;/h1-4,16H,5-10,19H2,(H,20,23);1H. The van der Waals surface area contributed by atoms with Crippen molar-refractivity contribution in [1.82, 2.24) is 15.1 Å². The Labute approximate surface area is 161 Å². The number of para-hydroxylation sites is 1. The first kappa shape index (κ1) is 22.6. The number of hydrogen-bond acceptors (Lipinski definition) is 5. The molecule has 3 amide bonds. The van der Waals surface area contributed by atoms with Gasteiger partial charge in [-0.15, -0.1) is 12.4 Å². The molecule has 0 aliphatic carbocycles. The van der Waals surface area contributed by atoms with Gasteiger partial charge in [0.25, 0.3) is 5.91 Å². The van der Waals surface area contributed by atoms with E-state index in [1.165, 1.54) is 28.0 Å². The van der Waals surface area contributed by atoms with Crippen LogP contribution in [0.2, 0.25) is 0 Å². The summed E-state index contributed by atoms with van der Waals surface area (Å²) < 4.78 is 29.3. The number of benzene rings is 1. The molecule has 0 saturated carbocycles. The molecule has 1 saturated heterocycles. The minimum absolute atomic E-state index is 0. The van der Waals surface area contributed by atoms with Crippen LogP contribution >= 0.6 is 12.4 Å². The number of alkyl halides is 2. The van der Waals surface area contributed by atoms with Crippen molar-refractivity contribution < 1.29 is 27.9 Å². The molecule has 1 aromatic rings. The molecule has 1 aliphatic rings. The van der Waals surface area contributed by atoms with Crippen LogP contribution in [0.1, 0.15) is 10.4 Å². The SMILES string of the molecule is Cl.NCC(=O)NCC(=O)N1CCN(C(=O)c2ccccc2OC(F)F)CC1. The number of nitrogens with two attached hydrogens (primary N) is 1. The van der Waals surface area contributed by atoms with Crippen LogP contribution in [0, 0.1) is 0 Å². The van der Waals surface area contributed by atoms with Gasteiger partial charge in [-0.1, -0.05) is 12.1 Å². The third-order valence-corrected chi connectivity index (χ3v) is 3.88. The lowest BCUT2D eigenvalue weighted by Crippen LogP contribution is -2.52. The minimum Gasteiger partial charge on any atom is -0.434 e. The van der Waals surface area contributed by atoms with Crippen LogP contribution in [0.3, 0.4) is 0 Å². The van der Waals surface area contributed by atoms with E-state index in [9.17, 15) is 23.2 Å². The fourth-order valence-electron chi connectivity index (χ4n) is 2.53. The molecule has 0 unspecified atom stereocenters. The summed E-state index contributed by atoms with van der Waals surface area (Å²) in [6, 6.07) is 5.78. The molecular formula is C16H21ClF2N4O4. The normalized spacial score (nSPS) is 13.8. The van der Waals surface area contributed by atoms with Gasteiger partial charge in [0.2, 0.25) is 11.8 Å². The molecule has 0 aromatic heterocycles. The van der Waals surface area contributed by atoms with Crippen molar-refractivity contribution in [3.63, 3.8) is 0 Å². The monoisotopic (exact) mass is 406 g/mol. The van der Waals surface area contributed by atoms with Gasteiger partial charge in [0.05, 0.1) is 18.7 Å². The van der Waals surface area contributed by atoms with Crippen LogP contribution in [-0.4, -0.2) is 73.4 Å². The summed E-state index contributed by atoms with van der Waals surface area (Å²) in [5.74, 6) is -1.33. The van der Waals surface area contributed by atoms with Crippen LogP contribution in [0.4, 0.5) is 8.78 Å². The fourth-order valence-corrected chi connectivity index (χ4v) is 2.53. The Morgan fingerprint density at radius 2 is 1.70 bits per heavy atom. The summed E-state index contributed by atoms with van der Waals surface area (Å²) in [7, 11) is 0. The van der Waals surface area contributed by atoms with Gasteiger partial charge >= 0.3 is 6.61 Å². The Hall–Kier alpha value is -2.46. The van der Waals surface area contributed by atoms with E-state index in [-0.39, 0.29) is 68.9 Å². The van der Waals surface area contributed by atoms with Crippen molar-refractivity contribution in [2.75, 3.05) is 39.3 Å². The smallest absolute Gasteiger partial charge is 0.387 e. The largest absolute Gasteiger partial charge is 0.434 e. The fraction of sp³-hybridized carbons (Fsp3) is 0.438. The zero-order valence-corrected chi connectivity index (χ0v) is 15.2. The minimum atomic E-state index is -3.03. The molecule has 11 heteroatoms. The summed E-state index contributed by atoms with van der Waals surface area (Å²) in [5.41, 5.74) is 5.19. The summed E-state index contributed by atoms with van der Waals surface area (Å²) in [4.78, 5) is 38.6. The number of rotatable bonds is 6. The van der Waals surface area contributed by atoms with Gasteiger partial charge in [0, 0.05) is 26.2 Å². The lowest BCUT2D eigenvalue weighted by molar-refractivity contribution is -0.133. The van der Waals surface area contributed by atoms with Crippen LogP contribution < -0.4 is 15.8 Å². The number of carbonyl (C=O) groups excluding carboxylic acids is 3. The third kappa shape index (κ3) is 6.33. The molecule has 0 atom stereocenters. The quantitative estimate of drug-likeness (QED) is 0.695. The molecule has 0 spiro atoms. The van der Waals surface area contributed by atoms with E-state index in [1.54, 1.807) is 6.07 Å². The summed E-state index contributed by atoms with van der Waals surface area (Å²) in [6.07, 6.45) is 0. The maximum absolute atomic E-state index is 12.6. The molecule has 0 radical (unpaired) electrons. The van der Waals surface area contributed by atoms with Crippen molar-refractivity contribution in [3.8, 4) is 5.75 Å². The van der Waals surface area contributed by atoms with E-state index < -0.39 is 18.4 Å². The molecule has 1 aromatic carbocycles. The highest BCUT2D eigenvalue weighted by molar-refractivity contribution is 5.97. The molecule has 8 nitrogen and oxygen atoms in total. The number of nitrogens with zero attached hydrogens (tertiary/aromatic N) is 2. The summed E-state index contributed by atoms with van der Waals surface area (Å²) in [6.45, 7) is -2.33. The molecule has 1 fully saturated rings. The number of amides is 3. The number of nitrogens with one attached hydrogen (secondary N) is 1. The second kappa shape index (κ2) is 10.6. The number of halogens is 3. The van der Waals surface area contributed by atoms with Gasteiger partial charge in [-0.2, -0.15) is 8.78 Å². The van der Waals surface area contributed by atoms with E-state index in [0.717, 1.165) is 0 Å². The topological polar surface area (TPSA) is 105 Å². The Kier molecular flexibility index (Phi) is 8.89. The highest BCUT2D eigenvalue weighted by atomic mass is 35.5. The van der Waals surface area contributed by atoms with Crippen molar-refractivity contribution in [2.24, 2.45) is 5.73 Å². The second-order valence-corrected chi connectivity index (χ2v) is 5.53. The van der Waals surface area contributed by atoms with Crippen molar-refractivity contribution >= 4 is 30.1 Å². The highest BCUT2D eigenvalue weighted by Crippen LogP contribution is 2.22.